The van der Waals surface area contributed by atoms with E-state index in [2.05, 4.69) is 0 Å². The molecule has 0 aromatic rings. The number of aliphatic hydroxyl groups excluding tert-OH is 1. The summed E-state index contributed by atoms with van der Waals surface area (Å²) in [6.45, 7) is 3.64. The van der Waals surface area contributed by atoms with Crippen molar-refractivity contribution in [2.75, 3.05) is 0 Å². The van der Waals surface area contributed by atoms with Crippen LogP contribution in [0.15, 0.2) is 11.1 Å². The maximum atomic E-state index is 10.8. The van der Waals surface area contributed by atoms with Crippen LogP contribution < -0.4 is 0 Å². The topological polar surface area (TPSA) is 37.3 Å². The summed E-state index contributed by atoms with van der Waals surface area (Å²) in [4.78, 5) is 10.8. The third-order valence-electron chi connectivity index (χ3n) is 1.81. The molecule has 50 valence electrons. The Morgan fingerprint density at radius 1 is 1.56 bits per heavy atom. The van der Waals surface area contributed by atoms with Crippen molar-refractivity contribution in [1.82, 2.24) is 0 Å². The Labute approximate surface area is 54.2 Å². The van der Waals surface area contributed by atoms with Gasteiger partial charge in [-0.05, 0) is 19.4 Å². The first-order chi connectivity index (χ1) is 4.13. The van der Waals surface area contributed by atoms with Gasteiger partial charge in [-0.1, -0.05) is 5.57 Å². The summed E-state index contributed by atoms with van der Waals surface area (Å²) in [5.41, 5.74) is 1.76. The molecule has 2 nitrogen and oxygen atoms in total. The molecule has 1 aliphatic carbocycles. The molecule has 1 N–H and O–H groups in total. The molecule has 0 radical (unpaired) electrons. The van der Waals surface area contributed by atoms with Gasteiger partial charge in [-0.25, -0.2) is 0 Å². The van der Waals surface area contributed by atoms with E-state index in [1.807, 2.05) is 6.92 Å². The van der Waals surface area contributed by atoms with Gasteiger partial charge in [0.1, 0.15) is 6.10 Å². The molecule has 0 fully saturated rings. The first-order valence-electron chi connectivity index (χ1n) is 3.01. The van der Waals surface area contributed by atoms with Crippen molar-refractivity contribution in [3.05, 3.63) is 11.1 Å². The van der Waals surface area contributed by atoms with Crippen LogP contribution in [0.5, 0.6) is 0 Å². The van der Waals surface area contributed by atoms with E-state index in [9.17, 15) is 4.79 Å². The summed E-state index contributed by atoms with van der Waals surface area (Å²) in [5, 5.41) is 8.95. The molecule has 9 heavy (non-hydrogen) atoms. The lowest BCUT2D eigenvalue weighted by atomic mass is 10.2. The van der Waals surface area contributed by atoms with Gasteiger partial charge >= 0.3 is 0 Å². The predicted octanol–water partition coefficient (Wildman–Crippen LogP) is 0.657. The highest BCUT2D eigenvalue weighted by Crippen LogP contribution is 2.21. The molecule has 0 bridgehead atoms. The van der Waals surface area contributed by atoms with Crippen LogP contribution in [0.1, 0.15) is 20.3 Å². The zero-order valence-corrected chi connectivity index (χ0v) is 5.64. The summed E-state index contributed by atoms with van der Waals surface area (Å²) in [5.74, 6) is -0.104. The van der Waals surface area contributed by atoms with E-state index in [4.69, 9.17) is 5.11 Å². The zero-order valence-electron chi connectivity index (χ0n) is 5.64. The molecule has 0 aromatic heterocycles. The Bertz CT molecular complexity index is 179. The summed E-state index contributed by atoms with van der Waals surface area (Å²) in [7, 11) is 0. The second-order valence-corrected chi connectivity index (χ2v) is 2.49. The molecule has 1 rings (SSSR count). The van der Waals surface area contributed by atoms with E-state index in [1.54, 1.807) is 6.92 Å². The fourth-order valence-electron chi connectivity index (χ4n) is 0.996. The normalized spacial score (nSPS) is 27.9. The lowest BCUT2D eigenvalue weighted by molar-refractivity contribution is -0.122. The van der Waals surface area contributed by atoms with Crippen molar-refractivity contribution in [1.29, 1.82) is 0 Å². The number of hydrogen-bond donors (Lipinski definition) is 1. The Kier molecular flexibility index (Phi) is 1.41. The van der Waals surface area contributed by atoms with Crippen molar-refractivity contribution in [3.63, 3.8) is 0 Å². The summed E-state index contributed by atoms with van der Waals surface area (Å²) in [6.07, 6.45) is -0.213. The predicted molar refractivity (Wildman–Crippen MR) is 34.0 cm³/mol. The summed E-state index contributed by atoms with van der Waals surface area (Å²) >= 11 is 0. The molecule has 0 amide bonds. The first kappa shape index (κ1) is 6.49. The smallest absolute Gasteiger partial charge is 0.187 e. The molecule has 0 aromatic carbocycles. The van der Waals surface area contributed by atoms with Crippen molar-refractivity contribution in [3.8, 4) is 0 Å². The minimum Gasteiger partial charge on any atom is -0.385 e. The van der Waals surface area contributed by atoms with Crippen molar-refractivity contribution in [2.24, 2.45) is 0 Å². The van der Waals surface area contributed by atoms with Gasteiger partial charge in [-0.15, -0.1) is 0 Å². The first-order valence-corrected chi connectivity index (χ1v) is 3.01. The molecule has 1 atom stereocenters. The Morgan fingerprint density at radius 3 is 2.22 bits per heavy atom. The van der Waals surface area contributed by atoms with E-state index in [-0.39, 0.29) is 5.78 Å². The highest BCUT2D eigenvalue weighted by molar-refractivity contribution is 6.01. The molecule has 0 heterocycles. The number of rotatable bonds is 0. The van der Waals surface area contributed by atoms with Gasteiger partial charge in [0.15, 0.2) is 5.78 Å². The average Bonchev–Trinajstić information content (AvgIpc) is 1.98. The minimum absolute atomic E-state index is 0.104. The van der Waals surface area contributed by atoms with E-state index >= 15 is 0 Å². The SMILES string of the molecule is CC1=C(C)C(=O)C(O)C1. The molecule has 0 spiro atoms. The standard InChI is InChI=1S/C7H10O2/c1-4-3-6(8)7(9)5(4)2/h6,8H,3H2,1-2H3. The van der Waals surface area contributed by atoms with Crippen LogP contribution >= 0.6 is 0 Å². The van der Waals surface area contributed by atoms with Crippen LogP contribution in [0.25, 0.3) is 0 Å². The van der Waals surface area contributed by atoms with Gasteiger partial charge in [-0.2, -0.15) is 0 Å². The Morgan fingerprint density at radius 2 is 2.11 bits per heavy atom. The second kappa shape index (κ2) is 1.95. The lowest BCUT2D eigenvalue weighted by Gasteiger charge is -1.94. The van der Waals surface area contributed by atoms with Gasteiger partial charge in [0.05, 0.1) is 0 Å². The largest absolute Gasteiger partial charge is 0.385 e. The molecule has 0 saturated heterocycles. The fourth-order valence-corrected chi connectivity index (χ4v) is 0.996. The Hall–Kier alpha value is -0.630. The number of ketones is 1. The van der Waals surface area contributed by atoms with Crippen LogP contribution in [-0.2, 0) is 4.79 Å². The summed E-state index contributed by atoms with van der Waals surface area (Å²) in [6, 6.07) is 0. The van der Waals surface area contributed by atoms with E-state index < -0.39 is 6.10 Å². The molecular formula is C7H10O2. The molecule has 0 aliphatic heterocycles. The quantitative estimate of drug-likeness (QED) is 0.517. The van der Waals surface area contributed by atoms with Gasteiger partial charge < -0.3 is 5.11 Å². The van der Waals surface area contributed by atoms with Crippen molar-refractivity contribution < 1.29 is 9.90 Å². The van der Waals surface area contributed by atoms with Gasteiger partial charge in [-0.3, -0.25) is 4.79 Å². The number of aliphatic hydroxyl groups is 1. The molecule has 1 aliphatic rings. The molecule has 0 saturated carbocycles. The van der Waals surface area contributed by atoms with Crippen molar-refractivity contribution >= 4 is 5.78 Å². The number of hydrogen-bond acceptors (Lipinski definition) is 2. The highest BCUT2D eigenvalue weighted by atomic mass is 16.3. The van der Waals surface area contributed by atoms with Crippen molar-refractivity contribution in [2.45, 2.75) is 26.4 Å². The van der Waals surface area contributed by atoms with Gasteiger partial charge in [0.25, 0.3) is 0 Å². The minimum atomic E-state index is -0.745. The van der Waals surface area contributed by atoms with E-state index in [1.165, 1.54) is 0 Å². The second-order valence-electron chi connectivity index (χ2n) is 2.49. The maximum absolute atomic E-state index is 10.8. The zero-order chi connectivity index (χ0) is 7.02. The van der Waals surface area contributed by atoms with Crippen LogP contribution in [-0.4, -0.2) is 17.0 Å². The van der Waals surface area contributed by atoms with Crippen LogP contribution in [0.3, 0.4) is 0 Å². The third-order valence-corrected chi connectivity index (χ3v) is 1.81. The monoisotopic (exact) mass is 126 g/mol. The fraction of sp³-hybridized carbons (Fsp3) is 0.571. The summed E-state index contributed by atoms with van der Waals surface area (Å²) < 4.78 is 0. The average molecular weight is 126 g/mol. The van der Waals surface area contributed by atoms with E-state index in [0.717, 1.165) is 11.1 Å². The van der Waals surface area contributed by atoms with Gasteiger partial charge in [0, 0.05) is 6.42 Å². The molecular weight excluding hydrogens is 116 g/mol. The lowest BCUT2D eigenvalue weighted by Crippen LogP contribution is -2.13. The van der Waals surface area contributed by atoms with Crippen LogP contribution in [0, 0.1) is 0 Å². The van der Waals surface area contributed by atoms with Crippen LogP contribution in [0.4, 0.5) is 0 Å². The number of Topliss-reactive ketones (excluding diaryl/α,β-unsaturated/α-hetero) is 1. The number of carbonyl (C=O) groups is 1. The highest BCUT2D eigenvalue weighted by Gasteiger charge is 2.25. The molecule has 1 unspecified atom stereocenters. The van der Waals surface area contributed by atoms with E-state index in [0.29, 0.717) is 6.42 Å². The maximum Gasteiger partial charge on any atom is 0.187 e. The third kappa shape index (κ3) is 0.900. The number of carbonyl (C=O) groups excluding carboxylic acids is 1. The molecule has 2 heteroatoms. The van der Waals surface area contributed by atoms with Crippen LogP contribution in [0.2, 0.25) is 0 Å². The van der Waals surface area contributed by atoms with Gasteiger partial charge in [0.2, 0.25) is 0 Å². The Balaban J connectivity index is 2.87.